The second-order valence-corrected chi connectivity index (χ2v) is 7.22. The molecule has 0 saturated carbocycles. The Labute approximate surface area is 180 Å². The topological polar surface area (TPSA) is 70.4 Å². The van der Waals surface area contributed by atoms with E-state index < -0.39 is 11.8 Å². The van der Waals surface area contributed by atoms with E-state index in [0.717, 1.165) is 22.4 Å². The first-order valence-corrected chi connectivity index (χ1v) is 9.93. The van der Waals surface area contributed by atoms with Crippen LogP contribution in [0.2, 0.25) is 5.15 Å². The normalized spacial score (nSPS) is 10.7. The minimum absolute atomic E-state index is 0.149. The molecule has 0 radical (unpaired) electrons. The molecule has 3 aromatic rings. The van der Waals surface area contributed by atoms with E-state index in [1.165, 1.54) is 0 Å². The van der Waals surface area contributed by atoms with Gasteiger partial charge in [-0.05, 0) is 44.5 Å². The maximum atomic E-state index is 12.3. The van der Waals surface area contributed by atoms with E-state index >= 15 is 0 Å². The lowest BCUT2D eigenvalue weighted by Crippen LogP contribution is -2.19. The van der Waals surface area contributed by atoms with E-state index in [4.69, 9.17) is 21.1 Å². The molecule has 0 atom stereocenters. The van der Waals surface area contributed by atoms with Crippen molar-refractivity contribution >= 4 is 23.4 Å². The number of benzene rings is 2. The second-order valence-electron chi connectivity index (χ2n) is 6.86. The third kappa shape index (κ3) is 4.39. The van der Waals surface area contributed by atoms with Crippen LogP contribution in [0.4, 0.5) is 0 Å². The standard InChI is InChI=1S/C23H23ClN2O4/c1-5-29-23(28)21(27)18-9-7-6-8-17(18)13-30-19-11-10-16(12-14(19)2)20-15(3)22(24)26(4)25-20/h6-12H,5,13H2,1-4H3. The third-order valence-electron chi connectivity index (χ3n) is 4.75. The Balaban J connectivity index is 1.80. The fraction of sp³-hybridized carbons (Fsp3) is 0.261. The SMILES string of the molecule is CCOC(=O)C(=O)c1ccccc1COc1ccc(-c2nn(C)c(Cl)c2C)cc1C. The molecule has 156 valence electrons. The van der Waals surface area contributed by atoms with Crippen LogP contribution in [0.1, 0.15) is 34.0 Å². The molecular weight excluding hydrogens is 404 g/mol. The Hall–Kier alpha value is -3.12. The zero-order valence-electron chi connectivity index (χ0n) is 17.4. The van der Waals surface area contributed by atoms with Crippen molar-refractivity contribution in [2.45, 2.75) is 27.4 Å². The minimum atomic E-state index is -0.866. The lowest BCUT2D eigenvalue weighted by atomic mass is 10.0. The average molecular weight is 427 g/mol. The van der Waals surface area contributed by atoms with Gasteiger partial charge in [0.05, 0.1) is 12.3 Å². The molecular formula is C23H23ClN2O4. The summed E-state index contributed by atoms with van der Waals surface area (Å²) < 4.78 is 12.4. The molecule has 0 N–H and O–H groups in total. The van der Waals surface area contributed by atoms with Crippen LogP contribution in [0.15, 0.2) is 42.5 Å². The molecule has 6 nitrogen and oxygen atoms in total. The molecule has 1 aromatic heterocycles. The molecule has 0 unspecified atom stereocenters. The van der Waals surface area contributed by atoms with Gasteiger partial charge in [-0.25, -0.2) is 4.79 Å². The molecule has 0 bridgehead atoms. The highest BCUT2D eigenvalue weighted by molar-refractivity contribution is 6.41. The van der Waals surface area contributed by atoms with Crippen molar-refractivity contribution in [3.05, 3.63) is 69.9 Å². The highest BCUT2D eigenvalue weighted by Gasteiger charge is 2.21. The molecule has 2 aromatic carbocycles. The van der Waals surface area contributed by atoms with Gasteiger partial charge in [0.2, 0.25) is 0 Å². The summed E-state index contributed by atoms with van der Waals surface area (Å²) in [6.07, 6.45) is 0. The smallest absolute Gasteiger partial charge is 0.379 e. The van der Waals surface area contributed by atoms with Crippen LogP contribution in [-0.2, 0) is 23.2 Å². The number of aryl methyl sites for hydroxylation is 2. The molecule has 1 heterocycles. The summed E-state index contributed by atoms with van der Waals surface area (Å²) >= 11 is 6.23. The Morgan fingerprint density at radius 1 is 1.13 bits per heavy atom. The van der Waals surface area contributed by atoms with Crippen molar-refractivity contribution in [3.8, 4) is 17.0 Å². The minimum Gasteiger partial charge on any atom is -0.489 e. The number of ether oxygens (including phenoxy) is 2. The first-order valence-electron chi connectivity index (χ1n) is 9.55. The fourth-order valence-electron chi connectivity index (χ4n) is 3.17. The Bertz CT molecular complexity index is 1100. The first-order chi connectivity index (χ1) is 14.3. The molecule has 0 spiro atoms. The Morgan fingerprint density at radius 2 is 1.87 bits per heavy atom. The Kier molecular flexibility index (Phi) is 6.57. The van der Waals surface area contributed by atoms with Crippen LogP contribution in [-0.4, -0.2) is 28.1 Å². The molecule has 0 fully saturated rings. The number of ketones is 1. The van der Waals surface area contributed by atoms with Gasteiger partial charge < -0.3 is 9.47 Å². The molecule has 0 aliphatic carbocycles. The monoisotopic (exact) mass is 426 g/mol. The van der Waals surface area contributed by atoms with E-state index in [1.54, 1.807) is 42.9 Å². The van der Waals surface area contributed by atoms with E-state index in [1.807, 2.05) is 32.0 Å². The highest BCUT2D eigenvalue weighted by atomic mass is 35.5. The number of carbonyl (C=O) groups excluding carboxylic acids is 2. The molecule has 30 heavy (non-hydrogen) atoms. The van der Waals surface area contributed by atoms with Gasteiger partial charge in [0, 0.05) is 29.3 Å². The number of hydrogen-bond acceptors (Lipinski definition) is 5. The first kappa shape index (κ1) is 21.6. The maximum Gasteiger partial charge on any atom is 0.379 e. The van der Waals surface area contributed by atoms with Crippen molar-refractivity contribution in [2.24, 2.45) is 7.05 Å². The molecule has 0 aliphatic heterocycles. The molecule has 7 heteroatoms. The van der Waals surface area contributed by atoms with E-state index in [9.17, 15) is 9.59 Å². The van der Waals surface area contributed by atoms with Crippen molar-refractivity contribution in [3.63, 3.8) is 0 Å². The van der Waals surface area contributed by atoms with Crippen molar-refractivity contribution in [1.29, 1.82) is 0 Å². The van der Waals surface area contributed by atoms with Crippen LogP contribution >= 0.6 is 11.6 Å². The van der Waals surface area contributed by atoms with Crippen LogP contribution in [0, 0.1) is 13.8 Å². The van der Waals surface area contributed by atoms with Crippen LogP contribution in [0.3, 0.4) is 0 Å². The third-order valence-corrected chi connectivity index (χ3v) is 5.28. The number of halogens is 1. The summed E-state index contributed by atoms with van der Waals surface area (Å²) in [6.45, 7) is 5.83. The predicted molar refractivity (Wildman–Crippen MR) is 115 cm³/mol. The van der Waals surface area contributed by atoms with Gasteiger partial charge in [0.25, 0.3) is 5.78 Å². The number of Topliss-reactive ketones (excluding diaryl/α,β-unsaturated/α-hetero) is 1. The van der Waals surface area contributed by atoms with E-state index in [0.29, 0.717) is 16.5 Å². The molecule has 0 amide bonds. The van der Waals surface area contributed by atoms with Gasteiger partial charge in [-0.15, -0.1) is 0 Å². The quantitative estimate of drug-likeness (QED) is 0.311. The van der Waals surface area contributed by atoms with Crippen molar-refractivity contribution < 1.29 is 19.1 Å². The van der Waals surface area contributed by atoms with Gasteiger partial charge in [-0.2, -0.15) is 5.10 Å². The van der Waals surface area contributed by atoms with Gasteiger partial charge in [-0.3, -0.25) is 9.48 Å². The lowest BCUT2D eigenvalue weighted by Gasteiger charge is -2.13. The lowest BCUT2D eigenvalue weighted by molar-refractivity contribution is -0.137. The van der Waals surface area contributed by atoms with Crippen LogP contribution in [0.25, 0.3) is 11.3 Å². The predicted octanol–water partition coefficient (Wildman–Crippen LogP) is 4.68. The maximum absolute atomic E-state index is 12.3. The van der Waals surface area contributed by atoms with Crippen molar-refractivity contribution in [1.82, 2.24) is 9.78 Å². The highest BCUT2D eigenvalue weighted by Crippen LogP contribution is 2.31. The summed E-state index contributed by atoms with van der Waals surface area (Å²) in [6, 6.07) is 12.6. The number of rotatable bonds is 7. The summed E-state index contributed by atoms with van der Waals surface area (Å²) in [5, 5.41) is 5.07. The second kappa shape index (κ2) is 9.13. The van der Waals surface area contributed by atoms with Gasteiger partial charge >= 0.3 is 5.97 Å². The number of hydrogen-bond donors (Lipinski definition) is 0. The molecule has 3 rings (SSSR count). The zero-order valence-corrected chi connectivity index (χ0v) is 18.1. The van der Waals surface area contributed by atoms with Crippen molar-refractivity contribution in [2.75, 3.05) is 6.61 Å². The van der Waals surface area contributed by atoms with Gasteiger partial charge in [0.15, 0.2) is 0 Å². The van der Waals surface area contributed by atoms with E-state index in [2.05, 4.69) is 5.10 Å². The number of nitrogens with zero attached hydrogens (tertiary/aromatic N) is 2. The van der Waals surface area contributed by atoms with Gasteiger partial charge in [0.1, 0.15) is 17.5 Å². The number of aromatic nitrogens is 2. The summed E-state index contributed by atoms with van der Waals surface area (Å²) in [4.78, 5) is 24.2. The van der Waals surface area contributed by atoms with Crippen LogP contribution in [0.5, 0.6) is 5.75 Å². The summed E-state index contributed by atoms with van der Waals surface area (Å²) in [5.41, 5.74) is 4.50. The van der Waals surface area contributed by atoms with Crippen LogP contribution < -0.4 is 4.74 Å². The molecule has 0 saturated heterocycles. The summed E-state index contributed by atoms with van der Waals surface area (Å²) in [7, 11) is 1.80. The Morgan fingerprint density at radius 3 is 2.50 bits per heavy atom. The zero-order chi connectivity index (χ0) is 21.8. The van der Waals surface area contributed by atoms with Gasteiger partial charge in [-0.1, -0.05) is 35.9 Å². The average Bonchev–Trinajstić information content (AvgIpc) is 3.00. The van der Waals surface area contributed by atoms with E-state index in [-0.39, 0.29) is 18.8 Å². The fourth-order valence-corrected chi connectivity index (χ4v) is 3.30. The largest absolute Gasteiger partial charge is 0.489 e. The number of carbonyl (C=O) groups is 2. The molecule has 0 aliphatic rings. The summed E-state index contributed by atoms with van der Waals surface area (Å²) in [5.74, 6) is -0.864. The number of esters is 1.